The zero-order valence-electron chi connectivity index (χ0n) is 14.0. The summed E-state index contributed by atoms with van der Waals surface area (Å²) in [4.78, 5) is 2.32. The highest BCUT2D eigenvalue weighted by Crippen LogP contribution is 2.17. The van der Waals surface area contributed by atoms with Crippen LogP contribution in [0.5, 0.6) is 0 Å². The molecule has 2 heterocycles. The third-order valence-electron chi connectivity index (χ3n) is 4.22. The van der Waals surface area contributed by atoms with Gasteiger partial charge < -0.3 is 0 Å². The molecule has 0 unspecified atom stereocenters. The van der Waals surface area contributed by atoms with Crippen LogP contribution in [0, 0.1) is 0 Å². The highest BCUT2D eigenvalue weighted by atomic mass is 32.1. The lowest BCUT2D eigenvalue weighted by molar-refractivity contribution is 0.318. The second-order valence-corrected chi connectivity index (χ2v) is 6.76. The number of nitrogens with zero attached hydrogens (tertiary/aromatic N) is 5. The van der Waals surface area contributed by atoms with Crippen LogP contribution in [0.25, 0.3) is 11.0 Å². The van der Waals surface area contributed by atoms with Crippen molar-refractivity contribution in [3.63, 3.8) is 0 Å². The van der Waals surface area contributed by atoms with Gasteiger partial charge in [0.15, 0.2) is 0 Å². The van der Waals surface area contributed by atoms with Crippen LogP contribution in [0.2, 0.25) is 0 Å². The summed E-state index contributed by atoms with van der Waals surface area (Å²) in [5.41, 5.74) is 5.84. The average Bonchev–Trinajstić information content (AvgIpc) is 3.27. The summed E-state index contributed by atoms with van der Waals surface area (Å²) < 4.78 is 10.6. The Labute approximate surface area is 150 Å². The van der Waals surface area contributed by atoms with Crippen molar-refractivity contribution < 1.29 is 0 Å². The quantitative estimate of drug-likeness (QED) is 0.534. The number of fused-ring (bicyclic) bond motifs is 1. The lowest BCUT2D eigenvalue weighted by Gasteiger charge is -2.19. The number of hydrogen-bond acceptors (Lipinski definition) is 5. The second-order valence-electron chi connectivity index (χ2n) is 6.23. The molecule has 4 rings (SSSR count). The smallest absolute Gasteiger partial charge is 0.105 e. The molecule has 0 fully saturated rings. The first-order chi connectivity index (χ1) is 12.3. The fraction of sp³-hybridized carbons (Fsp3) is 0.211. The van der Waals surface area contributed by atoms with Gasteiger partial charge in [-0.1, -0.05) is 30.3 Å². The Hall–Kier alpha value is -2.57. The normalized spacial score (nSPS) is 11.4. The van der Waals surface area contributed by atoms with Crippen molar-refractivity contribution in [1.29, 1.82) is 0 Å². The molecule has 6 heteroatoms. The summed E-state index contributed by atoms with van der Waals surface area (Å²) in [6.45, 7) is 2.57. The zero-order chi connectivity index (χ0) is 17.1. The Kier molecular flexibility index (Phi) is 4.54. The van der Waals surface area contributed by atoms with E-state index in [1.54, 1.807) is 0 Å². The second kappa shape index (κ2) is 7.13. The topological polar surface area (TPSA) is 46.8 Å². The van der Waals surface area contributed by atoms with Gasteiger partial charge in [0, 0.05) is 25.5 Å². The largest absolute Gasteiger partial charge is 0.298 e. The SMILES string of the molecule is CN(Cc1ccc2nsnc2c1)Cc1ccccc1Cn1cccn1. The van der Waals surface area contributed by atoms with Crippen molar-refractivity contribution in [2.24, 2.45) is 0 Å². The molecule has 0 aliphatic heterocycles. The van der Waals surface area contributed by atoms with Crippen LogP contribution < -0.4 is 0 Å². The van der Waals surface area contributed by atoms with E-state index in [-0.39, 0.29) is 0 Å². The average molecular weight is 349 g/mol. The molecule has 0 saturated carbocycles. The van der Waals surface area contributed by atoms with Crippen LogP contribution in [0.3, 0.4) is 0 Å². The molecule has 0 spiro atoms. The van der Waals surface area contributed by atoms with Gasteiger partial charge in [-0.05, 0) is 41.9 Å². The van der Waals surface area contributed by atoms with Crippen molar-refractivity contribution in [2.75, 3.05) is 7.05 Å². The first-order valence-electron chi connectivity index (χ1n) is 8.22. The van der Waals surface area contributed by atoms with Gasteiger partial charge in [-0.2, -0.15) is 13.8 Å². The van der Waals surface area contributed by atoms with E-state index < -0.39 is 0 Å². The predicted octanol–water partition coefficient (Wildman–Crippen LogP) is 3.57. The van der Waals surface area contributed by atoms with E-state index in [2.05, 4.69) is 62.2 Å². The van der Waals surface area contributed by atoms with Crippen LogP contribution in [0.15, 0.2) is 60.9 Å². The Morgan fingerprint density at radius 1 is 0.960 bits per heavy atom. The number of aromatic nitrogens is 4. The van der Waals surface area contributed by atoms with E-state index >= 15 is 0 Å². The molecule has 0 atom stereocenters. The maximum atomic E-state index is 4.33. The Morgan fingerprint density at radius 2 is 1.80 bits per heavy atom. The first kappa shape index (κ1) is 15.9. The molecule has 0 amide bonds. The highest BCUT2D eigenvalue weighted by molar-refractivity contribution is 7.00. The summed E-state index contributed by atoms with van der Waals surface area (Å²) in [7, 11) is 2.15. The minimum absolute atomic E-state index is 0.799. The number of benzene rings is 2. The van der Waals surface area contributed by atoms with E-state index in [0.717, 1.165) is 30.7 Å². The molecular weight excluding hydrogens is 330 g/mol. The molecule has 0 aliphatic carbocycles. The van der Waals surface area contributed by atoms with Gasteiger partial charge in [-0.3, -0.25) is 9.58 Å². The molecule has 25 heavy (non-hydrogen) atoms. The maximum Gasteiger partial charge on any atom is 0.105 e. The molecule has 0 aliphatic rings. The van der Waals surface area contributed by atoms with E-state index in [9.17, 15) is 0 Å². The molecule has 2 aromatic heterocycles. The van der Waals surface area contributed by atoms with Gasteiger partial charge >= 0.3 is 0 Å². The van der Waals surface area contributed by atoms with Crippen molar-refractivity contribution in [3.05, 3.63) is 77.6 Å². The standard InChI is InChI=1S/C19H19N5S/c1-23(12-15-7-8-18-19(11-15)22-25-21-18)13-16-5-2-3-6-17(16)14-24-10-4-9-20-24/h2-11H,12-14H2,1H3. The van der Waals surface area contributed by atoms with Gasteiger partial charge in [0.2, 0.25) is 0 Å². The van der Waals surface area contributed by atoms with E-state index in [4.69, 9.17) is 0 Å². The molecule has 2 aromatic carbocycles. The monoisotopic (exact) mass is 349 g/mol. The zero-order valence-corrected chi connectivity index (χ0v) is 14.9. The lowest BCUT2D eigenvalue weighted by atomic mass is 10.1. The van der Waals surface area contributed by atoms with Crippen LogP contribution in [-0.2, 0) is 19.6 Å². The van der Waals surface area contributed by atoms with Crippen LogP contribution in [-0.4, -0.2) is 30.5 Å². The fourth-order valence-electron chi connectivity index (χ4n) is 3.02. The van der Waals surface area contributed by atoms with Crippen molar-refractivity contribution in [1.82, 2.24) is 23.4 Å². The number of hydrogen-bond donors (Lipinski definition) is 0. The Bertz CT molecular complexity index is 961. The molecular formula is C19H19N5S. The molecule has 5 nitrogen and oxygen atoms in total. The van der Waals surface area contributed by atoms with Gasteiger partial charge in [-0.15, -0.1) is 0 Å². The van der Waals surface area contributed by atoms with E-state index in [1.165, 1.54) is 28.4 Å². The summed E-state index contributed by atoms with van der Waals surface area (Å²) in [6, 6.07) is 16.8. The lowest BCUT2D eigenvalue weighted by Crippen LogP contribution is -2.18. The molecule has 0 bridgehead atoms. The molecule has 0 N–H and O–H groups in total. The Morgan fingerprint density at radius 3 is 2.64 bits per heavy atom. The van der Waals surface area contributed by atoms with Gasteiger partial charge in [0.1, 0.15) is 11.0 Å². The van der Waals surface area contributed by atoms with Crippen molar-refractivity contribution >= 4 is 22.8 Å². The van der Waals surface area contributed by atoms with Crippen molar-refractivity contribution in [2.45, 2.75) is 19.6 Å². The summed E-state index contributed by atoms with van der Waals surface area (Å²) >= 11 is 1.26. The summed E-state index contributed by atoms with van der Waals surface area (Å²) in [6.07, 6.45) is 3.82. The first-order valence-corrected chi connectivity index (χ1v) is 8.95. The predicted molar refractivity (Wildman–Crippen MR) is 100 cm³/mol. The molecule has 126 valence electrons. The Balaban J connectivity index is 1.47. The maximum absolute atomic E-state index is 4.33. The van der Waals surface area contributed by atoms with Crippen LogP contribution >= 0.6 is 11.7 Å². The molecule has 4 aromatic rings. The van der Waals surface area contributed by atoms with Gasteiger partial charge in [0.05, 0.1) is 18.3 Å². The van der Waals surface area contributed by atoms with Crippen LogP contribution in [0.1, 0.15) is 16.7 Å². The summed E-state index contributed by atoms with van der Waals surface area (Å²) in [5, 5.41) is 4.31. The third-order valence-corrected chi connectivity index (χ3v) is 4.78. The van der Waals surface area contributed by atoms with Gasteiger partial charge in [-0.25, -0.2) is 0 Å². The highest BCUT2D eigenvalue weighted by Gasteiger charge is 2.08. The third kappa shape index (κ3) is 3.75. The minimum Gasteiger partial charge on any atom is -0.298 e. The fourth-order valence-corrected chi connectivity index (χ4v) is 3.54. The number of rotatable bonds is 6. The summed E-state index contributed by atoms with van der Waals surface area (Å²) in [5.74, 6) is 0. The van der Waals surface area contributed by atoms with Crippen LogP contribution in [0.4, 0.5) is 0 Å². The van der Waals surface area contributed by atoms with E-state index in [1.807, 2.05) is 29.2 Å². The molecule has 0 radical (unpaired) electrons. The minimum atomic E-state index is 0.799. The van der Waals surface area contributed by atoms with E-state index in [0.29, 0.717) is 0 Å². The van der Waals surface area contributed by atoms with Crippen molar-refractivity contribution in [3.8, 4) is 0 Å². The molecule has 0 saturated heterocycles. The van der Waals surface area contributed by atoms with Gasteiger partial charge in [0.25, 0.3) is 0 Å².